The van der Waals surface area contributed by atoms with Crippen molar-refractivity contribution in [1.82, 2.24) is 4.98 Å². The van der Waals surface area contributed by atoms with Crippen LogP contribution in [0.4, 0.5) is 21.5 Å². The first-order chi connectivity index (χ1) is 10.1. The molecule has 0 aliphatic carbocycles. The second-order valence-electron chi connectivity index (χ2n) is 4.49. The molecule has 1 aromatic heterocycles. The van der Waals surface area contributed by atoms with Crippen LogP contribution in [0.2, 0.25) is 10.0 Å². The van der Waals surface area contributed by atoms with Crippen molar-refractivity contribution in [3.8, 4) is 0 Å². The van der Waals surface area contributed by atoms with Gasteiger partial charge in [0.2, 0.25) is 0 Å². The van der Waals surface area contributed by atoms with Crippen molar-refractivity contribution < 1.29 is 4.39 Å². The van der Waals surface area contributed by atoms with Crippen molar-refractivity contribution in [3.05, 3.63) is 58.6 Å². The number of fused-ring (bicyclic) bond motifs is 1. The van der Waals surface area contributed by atoms with E-state index in [0.717, 1.165) is 16.5 Å². The number of anilines is 3. The molecule has 0 bridgehead atoms. The average molecular weight is 322 g/mol. The number of nitrogens with one attached hydrogen (secondary N) is 1. The highest BCUT2D eigenvalue weighted by Gasteiger charge is 2.11. The maximum absolute atomic E-state index is 13.2. The van der Waals surface area contributed by atoms with E-state index in [-0.39, 0.29) is 10.0 Å². The van der Waals surface area contributed by atoms with E-state index in [1.807, 2.05) is 6.07 Å². The Balaban J connectivity index is 2.13. The summed E-state index contributed by atoms with van der Waals surface area (Å²) in [6, 6.07) is 7.80. The molecule has 0 radical (unpaired) electrons. The summed E-state index contributed by atoms with van der Waals surface area (Å²) >= 11 is 12.1. The van der Waals surface area contributed by atoms with Crippen LogP contribution >= 0.6 is 23.2 Å². The SMILES string of the molecule is Nc1ccc(Nc2c(Cl)cc(F)cc2Cl)c2cnccc12. The minimum absolute atomic E-state index is 0.203. The van der Waals surface area contributed by atoms with Gasteiger partial charge in [-0.25, -0.2) is 4.39 Å². The van der Waals surface area contributed by atoms with E-state index >= 15 is 0 Å². The van der Waals surface area contributed by atoms with Gasteiger partial charge in [-0.15, -0.1) is 0 Å². The van der Waals surface area contributed by atoms with Crippen LogP contribution in [-0.4, -0.2) is 4.98 Å². The molecule has 6 heteroatoms. The van der Waals surface area contributed by atoms with E-state index in [4.69, 9.17) is 28.9 Å². The Morgan fingerprint density at radius 3 is 2.48 bits per heavy atom. The lowest BCUT2D eigenvalue weighted by molar-refractivity contribution is 0.628. The molecular weight excluding hydrogens is 312 g/mol. The molecule has 0 saturated heterocycles. The van der Waals surface area contributed by atoms with E-state index < -0.39 is 5.82 Å². The quantitative estimate of drug-likeness (QED) is 0.652. The molecule has 0 aliphatic heterocycles. The van der Waals surface area contributed by atoms with Gasteiger partial charge in [0.25, 0.3) is 0 Å². The summed E-state index contributed by atoms with van der Waals surface area (Å²) in [6.07, 6.45) is 3.36. The fraction of sp³-hybridized carbons (Fsp3) is 0. The average Bonchev–Trinajstić information content (AvgIpc) is 2.45. The summed E-state index contributed by atoms with van der Waals surface area (Å²) in [5, 5.41) is 5.21. The molecule has 2 aromatic carbocycles. The van der Waals surface area contributed by atoms with Gasteiger partial charge in [-0.2, -0.15) is 0 Å². The topological polar surface area (TPSA) is 50.9 Å². The Morgan fingerprint density at radius 2 is 1.76 bits per heavy atom. The van der Waals surface area contributed by atoms with Crippen molar-refractivity contribution in [2.45, 2.75) is 0 Å². The van der Waals surface area contributed by atoms with Crippen LogP contribution in [0.25, 0.3) is 10.8 Å². The Labute approximate surface area is 130 Å². The van der Waals surface area contributed by atoms with Gasteiger partial charge in [0.15, 0.2) is 0 Å². The molecule has 0 spiro atoms. The van der Waals surface area contributed by atoms with Gasteiger partial charge in [-0.05, 0) is 30.3 Å². The zero-order chi connectivity index (χ0) is 15.0. The van der Waals surface area contributed by atoms with Crippen molar-refractivity contribution in [3.63, 3.8) is 0 Å². The normalized spacial score (nSPS) is 10.8. The third kappa shape index (κ3) is 2.60. The van der Waals surface area contributed by atoms with E-state index in [0.29, 0.717) is 11.4 Å². The minimum Gasteiger partial charge on any atom is -0.398 e. The van der Waals surface area contributed by atoms with E-state index in [1.165, 1.54) is 12.1 Å². The van der Waals surface area contributed by atoms with Crippen LogP contribution in [0.15, 0.2) is 42.7 Å². The Hall–Kier alpha value is -2.04. The number of aromatic nitrogens is 1. The number of rotatable bonds is 2. The first-order valence-electron chi connectivity index (χ1n) is 6.10. The summed E-state index contributed by atoms with van der Waals surface area (Å²) in [7, 11) is 0. The lowest BCUT2D eigenvalue weighted by Crippen LogP contribution is -1.96. The lowest BCUT2D eigenvalue weighted by Gasteiger charge is -2.13. The first-order valence-corrected chi connectivity index (χ1v) is 6.85. The van der Waals surface area contributed by atoms with Gasteiger partial charge >= 0.3 is 0 Å². The third-order valence-electron chi connectivity index (χ3n) is 3.12. The smallest absolute Gasteiger partial charge is 0.126 e. The number of hydrogen-bond donors (Lipinski definition) is 2. The highest BCUT2D eigenvalue weighted by Crippen LogP contribution is 2.36. The molecule has 3 rings (SSSR count). The number of nitrogens with two attached hydrogens (primary N) is 1. The predicted molar refractivity (Wildman–Crippen MR) is 85.9 cm³/mol. The number of nitrogens with zero attached hydrogens (tertiary/aromatic N) is 1. The Bertz CT molecular complexity index is 813. The summed E-state index contributed by atoms with van der Waals surface area (Å²) in [5.74, 6) is -0.487. The fourth-order valence-electron chi connectivity index (χ4n) is 2.12. The van der Waals surface area contributed by atoms with Crippen LogP contribution in [0.1, 0.15) is 0 Å². The number of pyridine rings is 1. The molecular formula is C15H10Cl2FN3. The maximum atomic E-state index is 13.2. The van der Waals surface area contributed by atoms with Crippen molar-refractivity contribution >= 4 is 51.0 Å². The second-order valence-corrected chi connectivity index (χ2v) is 5.31. The summed E-state index contributed by atoms with van der Waals surface area (Å²) in [6.45, 7) is 0. The molecule has 0 saturated carbocycles. The maximum Gasteiger partial charge on any atom is 0.126 e. The van der Waals surface area contributed by atoms with Crippen LogP contribution < -0.4 is 11.1 Å². The van der Waals surface area contributed by atoms with Gasteiger partial charge in [0.1, 0.15) is 5.82 Å². The van der Waals surface area contributed by atoms with Crippen molar-refractivity contribution in [1.29, 1.82) is 0 Å². The van der Waals surface area contributed by atoms with Crippen LogP contribution in [-0.2, 0) is 0 Å². The summed E-state index contributed by atoms with van der Waals surface area (Å²) < 4.78 is 13.2. The monoisotopic (exact) mass is 321 g/mol. The molecule has 21 heavy (non-hydrogen) atoms. The second kappa shape index (κ2) is 5.39. The van der Waals surface area contributed by atoms with Crippen molar-refractivity contribution in [2.75, 3.05) is 11.1 Å². The molecule has 0 fully saturated rings. The minimum atomic E-state index is -0.487. The van der Waals surface area contributed by atoms with E-state index in [9.17, 15) is 4.39 Å². The molecule has 1 heterocycles. The molecule has 3 nitrogen and oxygen atoms in total. The molecule has 0 amide bonds. The van der Waals surface area contributed by atoms with Crippen LogP contribution in [0.3, 0.4) is 0 Å². The Kier molecular flexibility index (Phi) is 3.57. The molecule has 3 N–H and O–H groups in total. The number of benzene rings is 2. The number of hydrogen-bond acceptors (Lipinski definition) is 3. The van der Waals surface area contributed by atoms with Crippen LogP contribution in [0.5, 0.6) is 0 Å². The number of halogens is 3. The standard InChI is InChI=1S/C15H10Cl2FN3/c16-11-5-8(18)6-12(17)15(11)21-14-2-1-13(19)9-3-4-20-7-10(9)14/h1-7,21H,19H2. The highest BCUT2D eigenvalue weighted by molar-refractivity contribution is 6.39. The highest BCUT2D eigenvalue weighted by atomic mass is 35.5. The van der Waals surface area contributed by atoms with Gasteiger partial charge in [0, 0.05) is 34.5 Å². The fourth-order valence-corrected chi connectivity index (χ4v) is 2.67. The zero-order valence-electron chi connectivity index (χ0n) is 10.7. The van der Waals surface area contributed by atoms with Gasteiger partial charge in [-0.1, -0.05) is 23.2 Å². The van der Waals surface area contributed by atoms with Gasteiger partial charge < -0.3 is 11.1 Å². The molecule has 106 valence electrons. The molecule has 0 unspecified atom stereocenters. The van der Waals surface area contributed by atoms with Gasteiger partial charge in [-0.3, -0.25) is 4.98 Å². The van der Waals surface area contributed by atoms with Crippen LogP contribution in [0, 0.1) is 5.82 Å². The molecule has 3 aromatic rings. The van der Waals surface area contributed by atoms with Gasteiger partial charge in [0.05, 0.1) is 15.7 Å². The van der Waals surface area contributed by atoms with Crippen molar-refractivity contribution in [2.24, 2.45) is 0 Å². The zero-order valence-corrected chi connectivity index (χ0v) is 12.2. The lowest BCUT2D eigenvalue weighted by atomic mass is 10.1. The summed E-state index contributed by atoms with van der Waals surface area (Å²) in [5.41, 5.74) is 7.77. The molecule has 0 aliphatic rings. The van der Waals surface area contributed by atoms with E-state index in [2.05, 4.69) is 10.3 Å². The largest absolute Gasteiger partial charge is 0.398 e. The Morgan fingerprint density at radius 1 is 1.05 bits per heavy atom. The summed E-state index contributed by atoms with van der Waals surface area (Å²) in [4.78, 5) is 4.09. The molecule has 0 atom stereocenters. The van der Waals surface area contributed by atoms with E-state index in [1.54, 1.807) is 24.5 Å². The predicted octanol–water partition coefficient (Wildman–Crippen LogP) is 5.01. The first kappa shape index (κ1) is 13.9. The third-order valence-corrected chi connectivity index (χ3v) is 3.71. The number of nitrogen functional groups attached to an aromatic ring is 1.